The SMILES string of the molecule is CCC(Oc1ccccc1)(C(=O)O)c1ccc(Cl)cc1. The van der Waals surface area contributed by atoms with Crippen LogP contribution in [0.15, 0.2) is 54.6 Å². The number of carboxylic acid groups (broad SMARTS) is 1. The molecule has 0 radical (unpaired) electrons. The summed E-state index contributed by atoms with van der Waals surface area (Å²) in [4.78, 5) is 11.8. The third-order valence-corrected chi connectivity index (χ3v) is 3.44. The predicted octanol–water partition coefficient (Wildman–Crippen LogP) is 4.11. The zero-order valence-corrected chi connectivity index (χ0v) is 11.8. The number of ether oxygens (including phenoxy) is 1. The topological polar surface area (TPSA) is 46.5 Å². The molecule has 1 atom stereocenters. The van der Waals surface area contributed by atoms with Gasteiger partial charge >= 0.3 is 5.97 Å². The summed E-state index contributed by atoms with van der Waals surface area (Å²) in [7, 11) is 0. The number of hydrogen-bond acceptors (Lipinski definition) is 2. The minimum Gasteiger partial charge on any atom is -0.478 e. The zero-order chi connectivity index (χ0) is 14.6. The van der Waals surface area contributed by atoms with Crippen molar-refractivity contribution >= 4 is 17.6 Å². The molecule has 2 aromatic carbocycles. The maximum absolute atomic E-state index is 11.8. The van der Waals surface area contributed by atoms with Crippen LogP contribution in [-0.4, -0.2) is 11.1 Å². The summed E-state index contributed by atoms with van der Waals surface area (Å²) in [6, 6.07) is 15.6. The summed E-state index contributed by atoms with van der Waals surface area (Å²) in [5.41, 5.74) is -0.841. The second-order valence-corrected chi connectivity index (χ2v) is 4.84. The van der Waals surface area contributed by atoms with Gasteiger partial charge in [-0.3, -0.25) is 0 Å². The van der Waals surface area contributed by atoms with Crippen molar-refractivity contribution in [3.8, 4) is 5.75 Å². The van der Waals surface area contributed by atoms with Crippen molar-refractivity contribution in [1.82, 2.24) is 0 Å². The number of rotatable bonds is 5. The van der Waals surface area contributed by atoms with Gasteiger partial charge in [0.2, 0.25) is 5.60 Å². The van der Waals surface area contributed by atoms with Gasteiger partial charge in [-0.05, 0) is 30.7 Å². The third kappa shape index (κ3) is 2.78. The Morgan fingerprint density at radius 3 is 2.25 bits per heavy atom. The average Bonchev–Trinajstić information content (AvgIpc) is 2.46. The monoisotopic (exact) mass is 290 g/mol. The van der Waals surface area contributed by atoms with Gasteiger partial charge in [-0.1, -0.05) is 48.9 Å². The number of halogens is 1. The van der Waals surface area contributed by atoms with Gasteiger partial charge in [-0.25, -0.2) is 4.79 Å². The molecule has 0 spiro atoms. The molecule has 1 unspecified atom stereocenters. The zero-order valence-electron chi connectivity index (χ0n) is 11.0. The average molecular weight is 291 g/mol. The van der Waals surface area contributed by atoms with E-state index >= 15 is 0 Å². The van der Waals surface area contributed by atoms with Crippen LogP contribution in [0.4, 0.5) is 0 Å². The Labute approximate surface area is 122 Å². The van der Waals surface area contributed by atoms with E-state index in [0.717, 1.165) is 0 Å². The number of benzene rings is 2. The number of hydrogen-bond donors (Lipinski definition) is 1. The van der Waals surface area contributed by atoms with E-state index < -0.39 is 11.6 Å². The fraction of sp³-hybridized carbons (Fsp3) is 0.188. The maximum Gasteiger partial charge on any atom is 0.352 e. The summed E-state index contributed by atoms with van der Waals surface area (Å²) in [5.74, 6) is -0.502. The van der Waals surface area contributed by atoms with Gasteiger partial charge in [-0.2, -0.15) is 0 Å². The molecule has 0 bridgehead atoms. The molecule has 0 aromatic heterocycles. The van der Waals surface area contributed by atoms with E-state index in [0.29, 0.717) is 22.8 Å². The highest BCUT2D eigenvalue weighted by Gasteiger charge is 2.41. The summed E-state index contributed by atoms with van der Waals surface area (Å²) in [6.45, 7) is 1.78. The number of carbonyl (C=O) groups is 1. The Morgan fingerprint density at radius 2 is 1.75 bits per heavy atom. The second-order valence-electron chi connectivity index (χ2n) is 4.41. The molecule has 3 nitrogen and oxygen atoms in total. The highest BCUT2D eigenvalue weighted by Crippen LogP contribution is 2.32. The van der Waals surface area contributed by atoms with Gasteiger partial charge in [-0.15, -0.1) is 0 Å². The lowest BCUT2D eigenvalue weighted by molar-refractivity contribution is -0.156. The third-order valence-electron chi connectivity index (χ3n) is 3.19. The maximum atomic E-state index is 11.8. The first-order valence-corrected chi connectivity index (χ1v) is 6.70. The molecule has 0 amide bonds. The van der Waals surface area contributed by atoms with E-state index in [1.54, 1.807) is 55.5 Å². The van der Waals surface area contributed by atoms with Gasteiger partial charge in [0.25, 0.3) is 0 Å². The molecule has 0 saturated carbocycles. The van der Waals surface area contributed by atoms with E-state index in [-0.39, 0.29) is 0 Å². The Morgan fingerprint density at radius 1 is 1.15 bits per heavy atom. The van der Waals surface area contributed by atoms with Crippen LogP contribution in [-0.2, 0) is 10.4 Å². The van der Waals surface area contributed by atoms with Crippen LogP contribution < -0.4 is 4.74 Å². The Bertz CT molecular complexity index is 580. The summed E-state index contributed by atoms with van der Waals surface area (Å²) >= 11 is 5.86. The molecule has 2 rings (SSSR count). The van der Waals surface area contributed by atoms with E-state index in [1.165, 1.54) is 0 Å². The lowest BCUT2D eigenvalue weighted by atomic mass is 9.91. The molecule has 0 saturated heterocycles. The molecule has 104 valence electrons. The summed E-state index contributed by atoms with van der Waals surface area (Å²) in [6.07, 6.45) is 0.304. The minimum atomic E-state index is -1.41. The lowest BCUT2D eigenvalue weighted by Crippen LogP contribution is -2.41. The molecule has 2 aromatic rings. The van der Waals surface area contributed by atoms with E-state index in [4.69, 9.17) is 16.3 Å². The fourth-order valence-electron chi connectivity index (χ4n) is 2.06. The molecule has 4 heteroatoms. The highest BCUT2D eigenvalue weighted by molar-refractivity contribution is 6.30. The van der Waals surface area contributed by atoms with E-state index in [9.17, 15) is 9.90 Å². The van der Waals surface area contributed by atoms with Gasteiger partial charge in [0.05, 0.1) is 0 Å². The molecule has 0 aliphatic carbocycles. The Balaban J connectivity index is 2.45. The summed E-state index contributed by atoms with van der Waals surface area (Å²) in [5, 5.41) is 10.2. The molecule has 0 aliphatic rings. The van der Waals surface area contributed by atoms with Crippen molar-refractivity contribution in [2.24, 2.45) is 0 Å². The van der Waals surface area contributed by atoms with Gasteiger partial charge in [0.15, 0.2) is 0 Å². The van der Waals surface area contributed by atoms with Crippen LogP contribution in [0.3, 0.4) is 0 Å². The molecule has 0 heterocycles. The van der Waals surface area contributed by atoms with E-state index in [1.807, 2.05) is 6.07 Å². The second kappa shape index (κ2) is 5.97. The highest BCUT2D eigenvalue weighted by atomic mass is 35.5. The number of aliphatic carboxylic acids is 1. The van der Waals surface area contributed by atoms with Crippen molar-refractivity contribution in [2.45, 2.75) is 18.9 Å². The van der Waals surface area contributed by atoms with Crippen LogP contribution in [0.5, 0.6) is 5.75 Å². The van der Waals surface area contributed by atoms with Crippen LogP contribution >= 0.6 is 11.6 Å². The van der Waals surface area contributed by atoms with Crippen LogP contribution in [0.1, 0.15) is 18.9 Å². The van der Waals surface area contributed by atoms with Crippen LogP contribution in [0, 0.1) is 0 Å². The molecule has 20 heavy (non-hydrogen) atoms. The molecule has 0 fully saturated rings. The Hall–Kier alpha value is -2.00. The van der Waals surface area contributed by atoms with Gasteiger partial charge in [0, 0.05) is 10.6 Å². The molecule has 1 N–H and O–H groups in total. The van der Waals surface area contributed by atoms with Crippen molar-refractivity contribution in [1.29, 1.82) is 0 Å². The first-order valence-electron chi connectivity index (χ1n) is 6.32. The van der Waals surface area contributed by atoms with Gasteiger partial charge < -0.3 is 9.84 Å². The fourth-order valence-corrected chi connectivity index (χ4v) is 2.19. The van der Waals surface area contributed by atoms with Crippen molar-refractivity contribution in [3.63, 3.8) is 0 Å². The van der Waals surface area contributed by atoms with Crippen molar-refractivity contribution < 1.29 is 14.6 Å². The van der Waals surface area contributed by atoms with Crippen molar-refractivity contribution in [2.75, 3.05) is 0 Å². The first kappa shape index (κ1) is 14.4. The quantitative estimate of drug-likeness (QED) is 0.901. The minimum absolute atomic E-state index is 0.304. The van der Waals surface area contributed by atoms with Crippen LogP contribution in [0.2, 0.25) is 5.02 Å². The summed E-state index contributed by atoms with van der Waals surface area (Å²) < 4.78 is 5.80. The van der Waals surface area contributed by atoms with Crippen LogP contribution in [0.25, 0.3) is 0 Å². The first-order chi connectivity index (χ1) is 9.58. The largest absolute Gasteiger partial charge is 0.478 e. The number of carboxylic acids is 1. The van der Waals surface area contributed by atoms with Gasteiger partial charge in [0.1, 0.15) is 5.75 Å². The molecular formula is C16H15ClO3. The lowest BCUT2D eigenvalue weighted by Gasteiger charge is -2.29. The normalized spacial score (nSPS) is 13.5. The number of para-hydroxylation sites is 1. The standard InChI is InChI=1S/C16H15ClO3/c1-2-16(15(18)19,12-8-10-13(17)11-9-12)20-14-6-4-3-5-7-14/h3-11H,2H2,1H3,(H,18,19). The molecule has 0 aliphatic heterocycles. The van der Waals surface area contributed by atoms with Crippen molar-refractivity contribution in [3.05, 3.63) is 65.2 Å². The van der Waals surface area contributed by atoms with E-state index in [2.05, 4.69) is 0 Å². The Kier molecular flexibility index (Phi) is 4.30. The predicted molar refractivity (Wildman–Crippen MR) is 78.1 cm³/mol. The smallest absolute Gasteiger partial charge is 0.352 e. The molecular weight excluding hydrogens is 276 g/mol.